The first-order chi connectivity index (χ1) is 9.22. The number of methoxy groups -OCH3 is 1. The van der Waals surface area contributed by atoms with E-state index in [1.54, 1.807) is 7.11 Å². The Labute approximate surface area is 116 Å². The minimum Gasteiger partial charge on any atom is -0.497 e. The molecule has 1 aromatic heterocycles. The minimum atomic E-state index is -0.00528. The van der Waals surface area contributed by atoms with Crippen molar-refractivity contribution in [3.8, 4) is 5.75 Å². The van der Waals surface area contributed by atoms with Gasteiger partial charge < -0.3 is 15.0 Å². The van der Waals surface area contributed by atoms with Gasteiger partial charge in [-0.1, -0.05) is 30.4 Å². The molecule has 0 bridgehead atoms. The molecule has 0 saturated carbocycles. The Balaban J connectivity index is 2.00. The van der Waals surface area contributed by atoms with Crippen LogP contribution in [0.1, 0.15) is 30.6 Å². The quantitative estimate of drug-likeness (QED) is 0.854. The smallest absolute Gasteiger partial charge is 0.304 e. The van der Waals surface area contributed by atoms with Crippen LogP contribution in [0.5, 0.6) is 5.75 Å². The van der Waals surface area contributed by atoms with Gasteiger partial charge in [-0.15, -0.1) is 0 Å². The Kier molecular flexibility index (Phi) is 4.76. The van der Waals surface area contributed by atoms with Crippen LogP contribution in [0, 0.1) is 0 Å². The van der Waals surface area contributed by atoms with Crippen molar-refractivity contribution in [2.75, 3.05) is 7.11 Å². The maximum atomic E-state index is 11.1. The molecule has 0 radical (unpaired) electrons. The number of hydrogen-bond donors (Lipinski definition) is 2. The average molecular weight is 278 g/mol. The Morgan fingerprint density at radius 3 is 2.63 bits per heavy atom. The average Bonchev–Trinajstić information content (AvgIpc) is 2.86. The minimum absolute atomic E-state index is 0.00528. The van der Waals surface area contributed by atoms with E-state index in [-0.39, 0.29) is 10.9 Å². The summed E-state index contributed by atoms with van der Waals surface area (Å²) in [6.45, 7) is 2.81. The molecule has 4 nitrogen and oxygen atoms in total. The topological polar surface area (TPSA) is 54.1 Å². The monoisotopic (exact) mass is 278 g/mol. The molecule has 0 fully saturated rings. The van der Waals surface area contributed by atoms with Crippen LogP contribution in [-0.2, 0) is 6.54 Å². The molecule has 5 heteroatoms. The molecule has 2 rings (SSSR count). The second kappa shape index (κ2) is 6.54. The zero-order valence-electron chi connectivity index (χ0n) is 11.1. The molecule has 0 spiro atoms. The van der Waals surface area contributed by atoms with Crippen LogP contribution in [-0.4, -0.2) is 12.1 Å². The van der Waals surface area contributed by atoms with Crippen LogP contribution < -0.4 is 14.9 Å². The van der Waals surface area contributed by atoms with Gasteiger partial charge in [-0.05, 0) is 24.1 Å². The summed E-state index contributed by atoms with van der Waals surface area (Å²) in [4.78, 5) is 13.9. The highest BCUT2D eigenvalue weighted by atomic mass is 32.1. The van der Waals surface area contributed by atoms with Crippen molar-refractivity contribution >= 4 is 11.3 Å². The van der Waals surface area contributed by atoms with Crippen molar-refractivity contribution in [3.63, 3.8) is 0 Å². The van der Waals surface area contributed by atoms with E-state index in [0.717, 1.165) is 17.9 Å². The van der Waals surface area contributed by atoms with Crippen LogP contribution in [0.15, 0.2) is 34.4 Å². The molecule has 1 unspecified atom stereocenters. The summed E-state index contributed by atoms with van der Waals surface area (Å²) < 4.78 is 5.16. The third-order valence-electron chi connectivity index (χ3n) is 3.04. The van der Waals surface area contributed by atoms with Gasteiger partial charge in [0, 0.05) is 23.7 Å². The normalized spacial score (nSPS) is 12.3. The van der Waals surface area contributed by atoms with Crippen molar-refractivity contribution in [3.05, 3.63) is 50.6 Å². The van der Waals surface area contributed by atoms with E-state index in [0.29, 0.717) is 6.54 Å². The van der Waals surface area contributed by atoms with Crippen molar-refractivity contribution in [2.24, 2.45) is 0 Å². The first kappa shape index (κ1) is 13.8. The predicted molar refractivity (Wildman–Crippen MR) is 77.8 cm³/mol. The van der Waals surface area contributed by atoms with E-state index in [9.17, 15) is 4.79 Å². The van der Waals surface area contributed by atoms with Crippen molar-refractivity contribution < 1.29 is 4.74 Å². The molecule has 0 aliphatic rings. The van der Waals surface area contributed by atoms with Gasteiger partial charge in [-0.2, -0.15) is 0 Å². The highest BCUT2D eigenvalue weighted by Gasteiger charge is 2.09. The lowest BCUT2D eigenvalue weighted by atomic mass is 10.0. The van der Waals surface area contributed by atoms with Crippen LogP contribution in [0.3, 0.4) is 0 Å². The molecule has 0 aliphatic carbocycles. The van der Waals surface area contributed by atoms with Crippen molar-refractivity contribution in [1.29, 1.82) is 0 Å². The van der Waals surface area contributed by atoms with E-state index in [2.05, 4.69) is 29.4 Å². The highest BCUT2D eigenvalue weighted by molar-refractivity contribution is 7.07. The molecule has 1 aromatic carbocycles. The second-order valence-corrected chi connectivity index (χ2v) is 5.13. The fourth-order valence-electron chi connectivity index (χ4n) is 1.97. The SMILES string of the molecule is CCC(NCc1csc(=O)[nH]1)c1ccc(OC)cc1. The van der Waals surface area contributed by atoms with Gasteiger partial charge in [0.2, 0.25) is 0 Å². The lowest BCUT2D eigenvalue weighted by molar-refractivity contribution is 0.414. The summed E-state index contributed by atoms with van der Waals surface area (Å²) in [6, 6.07) is 8.33. The van der Waals surface area contributed by atoms with Crippen LogP contribution in [0.4, 0.5) is 0 Å². The van der Waals surface area contributed by atoms with Gasteiger partial charge in [0.15, 0.2) is 0 Å². The van der Waals surface area contributed by atoms with Crippen LogP contribution in [0.2, 0.25) is 0 Å². The molecule has 0 saturated heterocycles. The molecular weight excluding hydrogens is 260 g/mol. The van der Waals surface area contributed by atoms with Gasteiger partial charge in [0.05, 0.1) is 7.11 Å². The fraction of sp³-hybridized carbons (Fsp3) is 0.357. The third-order valence-corrected chi connectivity index (χ3v) is 3.75. The number of thiazole rings is 1. The number of ether oxygens (including phenoxy) is 1. The summed E-state index contributed by atoms with van der Waals surface area (Å²) in [7, 11) is 1.66. The van der Waals surface area contributed by atoms with E-state index >= 15 is 0 Å². The molecular formula is C14H18N2O2S. The van der Waals surface area contributed by atoms with Gasteiger partial charge in [0.25, 0.3) is 0 Å². The number of aromatic amines is 1. The lowest BCUT2D eigenvalue weighted by Gasteiger charge is -2.17. The molecule has 19 heavy (non-hydrogen) atoms. The van der Waals surface area contributed by atoms with Crippen molar-refractivity contribution in [2.45, 2.75) is 25.9 Å². The summed E-state index contributed by atoms with van der Waals surface area (Å²) in [5, 5.41) is 5.31. The second-order valence-electron chi connectivity index (χ2n) is 4.29. The van der Waals surface area contributed by atoms with Gasteiger partial charge in [0.1, 0.15) is 5.75 Å². The van der Waals surface area contributed by atoms with E-state index in [1.165, 1.54) is 16.9 Å². The zero-order chi connectivity index (χ0) is 13.7. The van der Waals surface area contributed by atoms with Crippen LogP contribution >= 0.6 is 11.3 Å². The number of hydrogen-bond acceptors (Lipinski definition) is 4. The van der Waals surface area contributed by atoms with E-state index < -0.39 is 0 Å². The Hall–Kier alpha value is -1.59. The third kappa shape index (κ3) is 3.68. The van der Waals surface area contributed by atoms with E-state index in [1.807, 2.05) is 17.5 Å². The van der Waals surface area contributed by atoms with Gasteiger partial charge >= 0.3 is 4.87 Å². The van der Waals surface area contributed by atoms with Gasteiger partial charge in [-0.25, -0.2) is 0 Å². The number of H-pyrrole nitrogens is 1. The zero-order valence-corrected chi connectivity index (χ0v) is 11.9. The largest absolute Gasteiger partial charge is 0.497 e. The first-order valence-electron chi connectivity index (χ1n) is 6.27. The summed E-state index contributed by atoms with van der Waals surface area (Å²) in [5.74, 6) is 0.862. The lowest BCUT2D eigenvalue weighted by Crippen LogP contribution is -2.20. The van der Waals surface area contributed by atoms with Crippen molar-refractivity contribution in [1.82, 2.24) is 10.3 Å². The molecule has 2 aromatic rings. The Morgan fingerprint density at radius 2 is 2.11 bits per heavy atom. The highest BCUT2D eigenvalue weighted by Crippen LogP contribution is 2.20. The Bertz CT molecular complexity index is 559. The molecule has 2 N–H and O–H groups in total. The first-order valence-corrected chi connectivity index (χ1v) is 7.15. The van der Waals surface area contributed by atoms with Gasteiger partial charge in [-0.3, -0.25) is 4.79 Å². The summed E-state index contributed by atoms with van der Waals surface area (Å²) >= 11 is 1.20. The molecule has 1 heterocycles. The number of rotatable bonds is 6. The molecule has 102 valence electrons. The number of aromatic nitrogens is 1. The molecule has 0 amide bonds. The molecule has 1 atom stereocenters. The number of benzene rings is 1. The Morgan fingerprint density at radius 1 is 1.37 bits per heavy atom. The number of nitrogens with one attached hydrogen (secondary N) is 2. The van der Waals surface area contributed by atoms with Crippen LogP contribution in [0.25, 0.3) is 0 Å². The fourth-order valence-corrected chi connectivity index (χ4v) is 2.55. The standard InChI is InChI=1S/C14H18N2O2S/c1-3-13(10-4-6-12(18-2)7-5-10)15-8-11-9-19-14(17)16-11/h4-7,9,13,15H,3,8H2,1-2H3,(H,16,17). The maximum Gasteiger partial charge on any atom is 0.304 e. The van der Waals surface area contributed by atoms with E-state index in [4.69, 9.17) is 4.74 Å². The predicted octanol–water partition coefficient (Wildman–Crippen LogP) is 2.69. The summed E-state index contributed by atoms with van der Waals surface area (Å²) in [5.41, 5.74) is 2.16. The molecule has 0 aliphatic heterocycles. The maximum absolute atomic E-state index is 11.1. The summed E-state index contributed by atoms with van der Waals surface area (Å²) in [6.07, 6.45) is 0.987.